The molecule has 0 bridgehead atoms. The van der Waals surface area contributed by atoms with Crippen LogP contribution in [0.3, 0.4) is 0 Å². The van der Waals surface area contributed by atoms with E-state index in [0.717, 1.165) is 38.1 Å². The first kappa shape index (κ1) is 15.0. The Labute approximate surface area is 109 Å². The maximum atomic E-state index is 9.30. The topological polar surface area (TPSA) is 50.7 Å². The number of rotatable bonds is 10. The van der Waals surface area contributed by atoms with E-state index in [1.54, 1.807) is 19.2 Å². The number of nitrogens with one attached hydrogen (secondary N) is 1. The minimum Gasteiger partial charge on any atom is -0.508 e. The number of hydrogen-bond donors (Lipinski definition) is 2. The Morgan fingerprint density at radius 1 is 1.17 bits per heavy atom. The molecule has 0 aliphatic heterocycles. The fraction of sp³-hybridized carbons (Fsp3) is 0.571. The van der Waals surface area contributed by atoms with Crippen molar-refractivity contribution in [3.8, 4) is 5.75 Å². The molecule has 0 amide bonds. The van der Waals surface area contributed by atoms with E-state index >= 15 is 0 Å². The molecule has 1 aromatic carbocycles. The van der Waals surface area contributed by atoms with Crippen LogP contribution in [-0.2, 0) is 16.0 Å². The zero-order valence-corrected chi connectivity index (χ0v) is 11.0. The summed E-state index contributed by atoms with van der Waals surface area (Å²) in [5, 5.41) is 12.6. The fourth-order valence-corrected chi connectivity index (χ4v) is 1.60. The second kappa shape index (κ2) is 9.88. The maximum Gasteiger partial charge on any atom is 0.115 e. The molecule has 0 radical (unpaired) electrons. The lowest BCUT2D eigenvalue weighted by atomic mass is 10.2. The quantitative estimate of drug-likeness (QED) is 0.626. The second-order valence-electron chi connectivity index (χ2n) is 4.16. The van der Waals surface area contributed by atoms with E-state index < -0.39 is 0 Å². The van der Waals surface area contributed by atoms with Crippen molar-refractivity contribution in [2.45, 2.75) is 19.4 Å². The average Bonchev–Trinajstić information content (AvgIpc) is 2.37. The number of aromatic hydroxyl groups is 1. The minimum absolute atomic E-state index is 0.320. The molecular formula is C14H23NO3. The Morgan fingerprint density at radius 3 is 2.83 bits per heavy atom. The molecule has 0 fully saturated rings. The van der Waals surface area contributed by atoms with Crippen LogP contribution in [0, 0.1) is 0 Å². The van der Waals surface area contributed by atoms with E-state index in [2.05, 4.69) is 5.32 Å². The van der Waals surface area contributed by atoms with Crippen molar-refractivity contribution < 1.29 is 14.6 Å². The van der Waals surface area contributed by atoms with Crippen LogP contribution in [0.4, 0.5) is 0 Å². The zero-order chi connectivity index (χ0) is 13.1. The van der Waals surface area contributed by atoms with Crippen LogP contribution >= 0.6 is 0 Å². The van der Waals surface area contributed by atoms with Crippen LogP contribution < -0.4 is 5.32 Å². The molecule has 1 aromatic rings. The Morgan fingerprint density at radius 2 is 2.06 bits per heavy atom. The fourth-order valence-electron chi connectivity index (χ4n) is 1.60. The number of phenols is 1. The standard InChI is InChI=1S/C14H23NO3/c1-17-9-10-18-8-3-2-7-15-12-13-5-4-6-14(16)11-13/h4-6,11,15-16H,2-3,7-10,12H2,1H3. The van der Waals surface area contributed by atoms with Gasteiger partial charge in [-0.2, -0.15) is 0 Å². The van der Waals surface area contributed by atoms with Gasteiger partial charge in [-0.15, -0.1) is 0 Å². The van der Waals surface area contributed by atoms with Crippen molar-refractivity contribution in [3.05, 3.63) is 29.8 Å². The summed E-state index contributed by atoms with van der Waals surface area (Å²) in [6, 6.07) is 7.32. The number of ether oxygens (including phenoxy) is 2. The van der Waals surface area contributed by atoms with Gasteiger partial charge in [-0.1, -0.05) is 12.1 Å². The Bertz CT molecular complexity index is 318. The lowest BCUT2D eigenvalue weighted by Gasteiger charge is -2.06. The smallest absolute Gasteiger partial charge is 0.115 e. The molecule has 0 aliphatic carbocycles. The molecule has 0 aliphatic rings. The molecule has 0 atom stereocenters. The second-order valence-corrected chi connectivity index (χ2v) is 4.16. The summed E-state index contributed by atoms with van der Waals surface area (Å²) < 4.78 is 10.3. The number of unbranched alkanes of at least 4 members (excludes halogenated alkanes) is 1. The third-order valence-electron chi connectivity index (χ3n) is 2.56. The number of phenolic OH excluding ortho intramolecular Hbond substituents is 1. The largest absolute Gasteiger partial charge is 0.508 e. The van der Waals surface area contributed by atoms with Gasteiger partial charge in [0.1, 0.15) is 5.75 Å². The predicted octanol–water partition coefficient (Wildman–Crippen LogP) is 1.92. The van der Waals surface area contributed by atoms with Crippen molar-refractivity contribution in [2.24, 2.45) is 0 Å². The van der Waals surface area contributed by atoms with Gasteiger partial charge in [0, 0.05) is 20.3 Å². The normalized spacial score (nSPS) is 10.7. The molecule has 0 saturated carbocycles. The van der Waals surface area contributed by atoms with Gasteiger partial charge in [0.15, 0.2) is 0 Å². The van der Waals surface area contributed by atoms with Gasteiger partial charge in [-0.3, -0.25) is 0 Å². The van der Waals surface area contributed by atoms with Gasteiger partial charge in [0.2, 0.25) is 0 Å². The van der Waals surface area contributed by atoms with Gasteiger partial charge in [-0.25, -0.2) is 0 Å². The van der Waals surface area contributed by atoms with E-state index in [9.17, 15) is 5.11 Å². The van der Waals surface area contributed by atoms with Gasteiger partial charge >= 0.3 is 0 Å². The van der Waals surface area contributed by atoms with Crippen molar-refractivity contribution >= 4 is 0 Å². The highest BCUT2D eigenvalue weighted by Crippen LogP contribution is 2.10. The lowest BCUT2D eigenvalue weighted by molar-refractivity contribution is 0.0688. The SMILES string of the molecule is COCCOCCCCNCc1cccc(O)c1. The predicted molar refractivity (Wildman–Crippen MR) is 71.7 cm³/mol. The van der Waals surface area contributed by atoms with Crippen molar-refractivity contribution in [2.75, 3.05) is 33.5 Å². The first-order valence-electron chi connectivity index (χ1n) is 6.38. The molecule has 0 spiro atoms. The van der Waals surface area contributed by atoms with E-state index in [1.165, 1.54) is 0 Å². The van der Waals surface area contributed by atoms with Crippen LogP contribution in [0.1, 0.15) is 18.4 Å². The molecule has 4 heteroatoms. The van der Waals surface area contributed by atoms with E-state index in [0.29, 0.717) is 19.0 Å². The highest BCUT2D eigenvalue weighted by Gasteiger charge is 1.94. The third kappa shape index (κ3) is 7.27. The first-order valence-corrected chi connectivity index (χ1v) is 6.38. The Balaban J connectivity index is 1.92. The van der Waals surface area contributed by atoms with E-state index in [1.807, 2.05) is 12.1 Å². The molecule has 102 valence electrons. The summed E-state index contributed by atoms with van der Waals surface area (Å²) in [4.78, 5) is 0. The first-order chi connectivity index (χ1) is 8.83. The summed E-state index contributed by atoms with van der Waals surface area (Å²) in [6.45, 7) is 3.88. The van der Waals surface area contributed by atoms with Crippen LogP contribution in [0.5, 0.6) is 5.75 Å². The number of benzene rings is 1. The van der Waals surface area contributed by atoms with Crippen LogP contribution in [0.15, 0.2) is 24.3 Å². The van der Waals surface area contributed by atoms with E-state index in [4.69, 9.17) is 9.47 Å². The molecule has 4 nitrogen and oxygen atoms in total. The average molecular weight is 253 g/mol. The molecule has 0 unspecified atom stereocenters. The van der Waals surface area contributed by atoms with Crippen molar-refractivity contribution in [1.29, 1.82) is 0 Å². The van der Waals surface area contributed by atoms with Gasteiger partial charge < -0.3 is 19.9 Å². The van der Waals surface area contributed by atoms with E-state index in [-0.39, 0.29) is 0 Å². The van der Waals surface area contributed by atoms with Crippen LogP contribution in [0.25, 0.3) is 0 Å². The highest BCUT2D eigenvalue weighted by molar-refractivity contribution is 5.26. The zero-order valence-electron chi connectivity index (χ0n) is 11.0. The Kier molecular flexibility index (Phi) is 8.21. The summed E-state index contributed by atoms with van der Waals surface area (Å²) in [5.41, 5.74) is 1.10. The number of methoxy groups -OCH3 is 1. The highest BCUT2D eigenvalue weighted by atomic mass is 16.5. The third-order valence-corrected chi connectivity index (χ3v) is 2.56. The lowest BCUT2D eigenvalue weighted by Crippen LogP contribution is -2.15. The maximum absolute atomic E-state index is 9.30. The molecule has 2 N–H and O–H groups in total. The minimum atomic E-state index is 0.320. The van der Waals surface area contributed by atoms with Crippen molar-refractivity contribution in [3.63, 3.8) is 0 Å². The van der Waals surface area contributed by atoms with Crippen molar-refractivity contribution in [1.82, 2.24) is 5.32 Å². The molecule has 0 saturated heterocycles. The molecular weight excluding hydrogens is 230 g/mol. The van der Waals surface area contributed by atoms with Crippen LogP contribution in [0.2, 0.25) is 0 Å². The summed E-state index contributed by atoms with van der Waals surface area (Å²) in [6.07, 6.45) is 2.14. The summed E-state index contributed by atoms with van der Waals surface area (Å²) in [7, 11) is 1.68. The van der Waals surface area contributed by atoms with Gasteiger partial charge in [0.05, 0.1) is 13.2 Å². The Hall–Kier alpha value is -1.10. The van der Waals surface area contributed by atoms with Gasteiger partial charge in [-0.05, 0) is 37.1 Å². The summed E-state index contributed by atoms with van der Waals surface area (Å²) in [5.74, 6) is 0.320. The van der Waals surface area contributed by atoms with Crippen LogP contribution in [-0.4, -0.2) is 38.6 Å². The summed E-state index contributed by atoms with van der Waals surface area (Å²) >= 11 is 0. The number of hydrogen-bond acceptors (Lipinski definition) is 4. The molecule has 18 heavy (non-hydrogen) atoms. The molecule has 0 heterocycles. The van der Waals surface area contributed by atoms with Gasteiger partial charge in [0.25, 0.3) is 0 Å². The monoisotopic (exact) mass is 253 g/mol. The molecule has 0 aromatic heterocycles. The molecule has 1 rings (SSSR count).